The lowest BCUT2D eigenvalue weighted by molar-refractivity contribution is -0.120. The number of amides is 1. The van der Waals surface area contributed by atoms with Gasteiger partial charge in [0.15, 0.2) is 0 Å². The van der Waals surface area contributed by atoms with Crippen molar-refractivity contribution in [2.24, 2.45) is 5.92 Å². The maximum Gasteiger partial charge on any atom is 0.234 e. The molecule has 1 fully saturated rings. The SMILES string of the molecule is N#CCNC(=O)CNCCOCC1CC1. The molecule has 0 radical (unpaired) electrons. The average Bonchev–Trinajstić information content (AvgIpc) is 3.04. The molecule has 0 unspecified atom stereocenters. The topological polar surface area (TPSA) is 74.2 Å². The summed E-state index contributed by atoms with van der Waals surface area (Å²) in [4.78, 5) is 11.0. The van der Waals surface area contributed by atoms with Crippen molar-refractivity contribution in [2.45, 2.75) is 12.8 Å². The van der Waals surface area contributed by atoms with Gasteiger partial charge in [-0.25, -0.2) is 0 Å². The van der Waals surface area contributed by atoms with Crippen molar-refractivity contribution >= 4 is 5.91 Å². The quantitative estimate of drug-likeness (QED) is 0.425. The molecule has 0 saturated heterocycles. The zero-order chi connectivity index (χ0) is 10.9. The van der Waals surface area contributed by atoms with E-state index in [1.807, 2.05) is 6.07 Å². The van der Waals surface area contributed by atoms with Gasteiger partial charge in [0.2, 0.25) is 5.91 Å². The highest BCUT2D eigenvalue weighted by atomic mass is 16.5. The number of ether oxygens (including phenoxy) is 1. The Morgan fingerprint density at radius 2 is 2.33 bits per heavy atom. The van der Waals surface area contributed by atoms with E-state index < -0.39 is 0 Å². The van der Waals surface area contributed by atoms with E-state index in [1.165, 1.54) is 12.8 Å². The summed E-state index contributed by atoms with van der Waals surface area (Å²) < 4.78 is 5.37. The molecular formula is C10H17N3O2. The third-order valence-electron chi connectivity index (χ3n) is 2.12. The number of nitrogens with zero attached hydrogens (tertiary/aromatic N) is 1. The van der Waals surface area contributed by atoms with Gasteiger partial charge in [-0.05, 0) is 18.8 Å². The largest absolute Gasteiger partial charge is 0.380 e. The Morgan fingerprint density at radius 1 is 1.53 bits per heavy atom. The van der Waals surface area contributed by atoms with E-state index in [0.29, 0.717) is 13.2 Å². The van der Waals surface area contributed by atoms with E-state index in [9.17, 15) is 4.79 Å². The number of carbonyl (C=O) groups is 1. The van der Waals surface area contributed by atoms with E-state index in [4.69, 9.17) is 10.00 Å². The van der Waals surface area contributed by atoms with Crippen LogP contribution in [-0.4, -0.2) is 38.8 Å². The van der Waals surface area contributed by atoms with Gasteiger partial charge in [-0.1, -0.05) is 0 Å². The fourth-order valence-corrected chi connectivity index (χ4v) is 1.08. The molecule has 2 N–H and O–H groups in total. The van der Waals surface area contributed by atoms with Crippen LogP contribution in [0.15, 0.2) is 0 Å². The van der Waals surface area contributed by atoms with Gasteiger partial charge in [0.1, 0.15) is 6.54 Å². The summed E-state index contributed by atoms with van der Waals surface area (Å²) in [6.07, 6.45) is 2.59. The molecule has 0 atom stereocenters. The van der Waals surface area contributed by atoms with Gasteiger partial charge in [0.25, 0.3) is 0 Å². The van der Waals surface area contributed by atoms with Gasteiger partial charge in [0, 0.05) is 13.2 Å². The number of hydrogen-bond donors (Lipinski definition) is 2. The normalized spacial score (nSPS) is 14.6. The molecule has 0 heterocycles. The van der Waals surface area contributed by atoms with Crippen molar-refractivity contribution < 1.29 is 9.53 Å². The third kappa shape index (κ3) is 6.89. The maximum absolute atomic E-state index is 11.0. The van der Waals surface area contributed by atoms with Crippen LogP contribution in [0.5, 0.6) is 0 Å². The van der Waals surface area contributed by atoms with E-state index in [0.717, 1.165) is 12.5 Å². The number of nitrogens with one attached hydrogen (secondary N) is 2. The minimum Gasteiger partial charge on any atom is -0.380 e. The molecule has 0 aromatic heterocycles. The van der Waals surface area contributed by atoms with Crippen molar-refractivity contribution in [3.05, 3.63) is 0 Å². The highest BCUT2D eigenvalue weighted by molar-refractivity contribution is 5.78. The van der Waals surface area contributed by atoms with Gasteiger partial charge in [-0.3, -0.25) is 4.79 Å². The molecule has 1 saturated carbocycles. The summed E-state index contributed by atoms with van der Waals surface area (Å²) in [6, 6.07) is 1.84. The van der Waals surface area contributed by atoms with Gasteiger partial charge in [0.05, 0.1) is 19.2 Å². The van der Waals surface area contributed by atoms with Crippen LogP contribution in [0.25, 0.3) is 0 Å². The number of nitriles is 1. The lowest BCUT2D eigenvalue weighted by atomic mass is 10.5. The van der Waals surface area contributed by atoms with E-state index in [2.05, 4.69) is 10.6 Å². The average molecular weight is 211 g/mol. The molecule has 84 valence electrons. The standard InChI is InChI=1S/C10H17N3O2/c11-3-4-13-10(14)7-12-5-6-15-8-9-1-2-9/h9,12H,1-2,4-8H2,(H,13,14). The molecule has 15 heavy (non-hydrogen) atoms. The maximum atomic E-state index is 11.0. The first-order valence-electron chi connectivity index (χ1n) is 5.25. The molecule has 5 heteroatoms. The summed E-state index contributed by atoms with van der Waals surface area (Å²) in [6.45, 7) is 2.48. The smallest absolute Gasteiger partial charge is 0.234 e. The van der Waals surface area contributed by atoms with Gasteiger partial charge >= 0.3 is 0 Å². The van der Waals surface area contributed by atoms with Gasteiger partial charge in [-0.2, -0.15) is 5.26 Å². The molecule has 1 rings (SSSR count). The second-order valence-corrected chi connectivity index (χ2v) is 3.63. The number of carbonyl (C=O) groups excluding carboxylic acids is 1. The molecule has 0 aromatic carbocycles. The molecule has 0 bridgehead atoms. The second-order valence-electron chi connectivity index (χ2n) is 3.63. The lowest BCUT2D eigenvalue weighted by Crippen LogP contribution is -2.35. The lowest BCUT2D eigenvalue weighted by Gasteiger charge is -2.05. The Kier molecular flexibility index (Phi) is 5.74. The van der Waals surface area contributed by atoms with Crippen LogP contribution in [0.3, 0.4) is 0 Å². The molecule has 0 aliphatic heterocycles. The predicted molar refractivity (Wildman–Crippen MR) is 55.0 cm³/mol. The van der Waals surface area contributed by atoms with Gasteiger partial charge < -0.3 is 15.4 Å². The summed E-state index contributed by atoms with van der Waals surface area (Å²) in [5.74, 6) is 0.627. The fourth-order valence-electron chi connectivity index (χ4n) is 1.08. The first-order chi connectivity index (χ1) is 7.33. The minimum absolute atomic E-state index is 0.0681. The Bertz CT molecular complexity index is 233. The predicted octanol–water partition coefficient (Wildman–Crippen LogP) is -0.358. The monoisotopic (exact) mass is 211 g/mol. The first-order valence-corrected chi connectivity index (χ1v) is 5.25. The summed E-state index contributed by atoms with van der Waals surface area (Å²) in [7, 11) is 0. The highest BCUT2D eigenvalue weighted by Gasteiger charge is 2.20. The van der Waals surface area contributed by atoms with Crippen molar-refractivity contribution in [3.63, 3.8) is 0 Å². The molecule has 1 amide bonds. The molecule has 1 aliphatic carbocycles. The highest BCUT2D eigenvalue weighted by Crippen LogP contribution is 2.28. The molecular weight excluding hydrogens is 194 g/mol. The zero-order valence-corrected chi connectivity index (χ0v) is 8.79. The summed E-state index contributed by atoms with van der Waals surface area (Å²) in [5.41, 5.74) is 0. The van der Waals surface area contributed by atoms with Crippen LogP contribution >= 0.6 is 0 Å². The third-order valence-corrected chi connectivity index (χ3v) is 2.12. The van der Waals surface area contributed by atoms with E-state index in [1.54, 1.807) is 0 Å². The van der Waals surface area contributed by atoms with Crippen molar-refractivity contribution in [2.75, 3.05) is 32.8 Å². The second kappa shape index (κ2) is 7.21. The zero-order valence-electron chi connectivity index (χ0n) is 8.79. The van der Waals surface area contributed by atoms with Crippen molar-refractivity contribution in [1.82, 2.24) is 10.6 Å². The summed E-state index contributed by atoms with van der Waals surface area (Å²) >= 11 is 0. The Hall–Kier alpha value is -1.12. The molecule has 5 nitrogen and oxygen atoms in total. The minimum atomic E-state index is -0.154. The van der Waals surface area contributed by atoms with E-state index in [-0.39, 0.29) is 19.0 Å². The molecule has 1 aliphatic rings. The number of hydrogen-bond acceptors (Lipinski definition) is 4. The van der Waals surface area contributed by atoms with Crippen LogP contribution in [0.1, 0.15) is 12.8 Å². The van der Waals surface area contributed by atoms with Crippen LogP contribution in [-0.2, 0) is 9.53 Å². The van der Waals surface area contributed by atoms with Crippen LogP contribution in [0.2, 0.25) is 0 Å². The Labute approximate surface area is 89.8 Å². The molecule has 0 spiro atoms. The summed E-state index contributed by atoms with van der Waals surface area (Å²) in [5, 5.41) is 13.6. The van der Waals surface area contributed by atoms with E-state index >= 15 is 0 Å². The van der Waals surface area contributed by atoms with Crippen LogP contribution in [0, 0.1) is 17.2 Å². The van der Waals surface area contributed by atoms with Crippen LogP contribution < -0.4 is 10.6 Å². The van der Waals surface area contributed by atoms with Crippen molar-refractivity contribution in [3.8, 4) is 6.07 Å². The number of rotatable bonds is 8. The Balaban J connectivity index is 1.79. The fraction of sp³-hybridized carbons (Fsp3) is 0.800. The molecule has 0 aromatic rings. The first kappa shape index (κ1) is 12.0. The van der Waals surface area contributed by atoms with Crippen LogP contribution in [0.4, 0.5) is 0 Å². The van der Waals surface area contributed by atoms with Crippen molar-refractivity contribution in [1.29, 1.82) is 5.26 Å². The Morgan fingerprint density at radius 3 is 3.00 bits per heavy atom. The van der Waals surface area contributed by atoms with Gasteiger partial charge in [-0.15, -0.1) is 0 Å².